The van der Waals surface area contributed by atoms with Crippen molar-refractivity contribution in [2.24, 2.45) is 5.92 Å². The highest BCUT2D eigenvalue weighted by Gasteiger charge is 2.29. The Morgan fingerprint density at radius 3 is 2.38 bits per heavy atom. The fraction of sp³-hybridized carbons (Fsp3) is 0.462. The second-order valence-electron chi connectivity index (χ2n) is 8.99. The molecule has 0 bridgehead atoms. The molecular weight excluding hydrogens is 405 g/mol. The number of nitrogens with zero attached hydrogens (tertiary/aromatic N) is 2. The lowest BCUT2D eigenvalue weighted by Crippen LogP contribution is -2.49. The summed E-state index contributed by atoms with van der Waals surface area (Å²) in [6, 6.07) is 12.6. The van der Waals surface area contributed by atoms with Crippen LogP contribution >= 0.6 is 0 Å². The van der Waals surface area contributed by atoms with E-state index in [1.165, 1.54) is 6.07 Å². The number of nitrogens with one attached hydrogen (secondary N) is 1. The third-order valence-corrected chi connectivity index (χ3v) is 6.79. The number of halogens is 1. The maximum Gasteiger partial charge on any atom is 0.228 e. The largest absolute Gasteiger partial charge is 0.340 e. The molecule has 0 aromatic heterocycles. The minimum absolute atomic E-state index is 0.115. The predicted octanol–water partition coefficient (Wildman–Crippen LogP) is 4.15. The maximum atomic E-state index is 14.7. The number of piperazine rings is 1. The molecule has 1 aliphatic heterocycles. The van der Waals surface area contributed by atoms with E-state index in [2.05, 4.69) is 10.2 Å². The zero-order chi connectivity index (χ0) is 22.5. The van der Waals surface area contributed by atoms with Crippen LogP contribution < -0.4 is 5.32 Å². The molecule has 1 saturated heterocycles. The standard InChI is InChI=1S/C26H32FN3O2/c1-19-22(18-29-13-15-30(16-14-29)26(32)21-9-5-6-10-21)23(27)11-12-24(19)28-25(31)17-20-7-3-2-4-8-20/h2-4,7-8,11-12,21H,5-6,9-10,13-18H2,1H3,(H,28,31). The van der Waals surface area contributed by atoms with Crippen molar-refractivity contribution < 1.29 is 14.0 Å². The van der Waals surface area contributed by atoms with Gasteiger partial charge in [0.05, 0.1) is 6.42 Å². The molecule has 2 amide bonds. The fourth-order valence-electron chi connectivity index (χ4n) is 4.81. The Morgan fingerprint density at radius 2 is 1.69 bits per heavy atom. The van der Waals surface area contributed by atoms with Gasteiger partial charge in [0, 0.05) is 49.9 Å². The molecule has 0 unspecified atom stereocenters. The van der Waals surface area contributed by atoms with E-state index in [1.54, 1.807) is 6.07 Å². The van der Waals surface area contributed by atoms with Crippen molar-refractivity contribution in [3.63, 3.8) is 0 Å². The van der Waals surface area contributed by atoms with Crippen LogP contribution in [0.5, 0.6) is 0 Å². The van der Waals surface area contributed by atoms with Gasteiger partial charge < -0.3 is 10.2 Å². The van der Waals surface area contributed by atoms with Crippen LogP contribution in [0, 0.1) is 18.7 Å². The smallest absolute Gasteiger partial charge is 0.228 e. The third kappa shape index (κ3) is 5.36. The van der Waals surface area contributed by atoms with Crippen LogP contribution in [-0.2, 0) is 22.6 Å². The van der Waals surface area contributed by atoms with E-state index in [0.717, 1.165) is 49.9 Å². The Labute approximate surface area is 189 Å². The van der Waals surface area contributed by atoms with Gasteiger partial charge in [0.25, 0.3) is 0 Å². The van der Waals surface area contributed by atoms with Crippen LogP contribution in [0.25, 0.3) is 0 Å². The number of anilines is 1. The van der Waals surface area contributed by atoms with Crippen molar-refractivity contribution in [3.05, 3.63) is 65.0 Å². The number of carbonyl (C=O) groups is 2. The number of carbonyl (C=O) groups excluding carboxylic acids is 2. The summed E-state index contributed by atoms with van der Waals surface area (Å²) >= 11 is 0. The molecule has 1 aliphatic carbocycles. The Hall–Kier alpha value is -2.73. The van der Waals surface area contributed by atoms with E-state index in [9.17, 15) is 14.0 Å². The van der Waals surface area contributed by atoms with E-state index in [-0.39, 0.29) is 24.1 Å². The maximum absolute atomic E-state index is 14.7. The topological polar surface area (TPSA) is 52.7 Å². The number of amides is 2. The quantitative estimate of drug-likeness (QED) is 0.739. The van der Waals surface area contributed by atoms with Crippen LogP contribution in [0.15, 0.2) is 42.5 Å². The fourth-order valence-corrected chi connectivity index (χ4v) is 4.81. The van der Waals surface area contributed by atoms with Crippen LogP contribution in [0.4, 0.5) is 10.1 Å². The van der Waals surface area contributed by atoms with E-state index < -0.39 is 0 Å². The van der Waals surface area contributed by atoms with Gasteiger partial charge in [-0.05, 0) is 43.0 Å². The van der Waals surface area contributed by atoms with Crippen LogP contribution in [0.3, 0.4) is 0 Å². The normalized spacial score (nSPS) is 17.5. The van der Waals surface area contributed by atoms with Gasteiger partial charge in [-0.15, -0.1) is 0 Å². The average molecular weight is 438 g/mol. The van der Waals surface area contributed by atoms with Crippen LogP contribution in [-0.4, -0.2) is 47.8 Å². The van der Waals surface area contributed by atoms with Crippen LogP contribution in [0.1, 0.15) is 42.4 Å². The van der Waals surface area contributed by atoms with E-state index >= 15 is 0 Å². The Bertz CT molecular complexity index is 949. The molecule has 0 atom stereocenters. The van der Waals surface area contributed by atoms with E-state index in [1.807, 2.05) is 42.2 Å². The summed E-state index contributed by atoms with van der Waals surface area (Å²) in [6.45, 7) is 5.21. The molecule has 32 heavy (non-hydrogen) atoms. The molecule has 0 spiro atoms. The molecule has 0 radical (unpaired) electrons. The van der Waals surface area contributed by atoms with Gasteiger partial charge in [-0.2, -0.15) is 0 Å². The Kier molecular flexibility index (Phi) is 7.20. The molecule has 1 N–H and O–H groups in total. The van der Waals surface area contributed by atoms with E-state index in [0.29, 0.717) is 36.8 Å². The first-order valence-corrected chi connectivity index (χ1v) is 11.6. The van der Waals surface area contributed by atoms with Gasteiger partial charge in [0.15, 0.2) is 0 Å². The zero-order valence-corrected chi connectivity index (χ0v) is 18.8. The second kappa shape index (κ2) is 10.3. The molecule has 1 saturated carbocycles. The summed E-state index contributed by atoms with van der Waals surface area (Å²) < 4.78 is 14.7. The van der Waals surface area contributed by atoms with Gasteiger partial charge in [-0.1, -0.05) is 43.2 Å². The van der Waals surface area contributed by atoms with Gasteiger partial charge >= 0.3 is 0 Å². The van der Waals surface area contributed by atoms with Gasteiger partial charge in [-0.3, -0.25) is 14.5 Å². The van der Waals surface area contributed by atoms with Gasteiger partial charge in [0.1, 0.15) is 5.82 Å². The highest BCUT2D eigenvalue weighted by Crippen LogP contribution is 2.28. The Morgan fingerprint density at radius 1 is 1.00 bits per heavy atom. The lowest BCUT2D eigenvalue weighted by molar-refractivity contribution is -0.137. The van der Waals surface area contributed by atoms with Crippen molar-refractivity contribution >= 4 is 17.5 Å². The molecule has 2 aromatic carbocycles. The van der Waals surface area contributed by atoms with Crippen molar-refractivity contribution in [3.8, 4) is 0 Å². The second-order valence-corrected chi connectivity index (χ2v) is 8.99. The summed E-state index contributed by atoms with van der Waals surface area (Å²) in [6.07, 6.45) is 4.64. The summed E-state index contributed by atoms with van der Waals surface area (Å²) in [5.41, 5.74) is 2.96. The molecule has 2 aliphatic rings. The highest BCUT2D eigenvalue weighted by atomic mass is 19.1. The first kappa shape index (κ1) is 22.5. The third-order valence-electron chi connectivity index (χ3n) is 6.79. The monoisotopic (exact) mass is 437 g/mol. The zero-order valence-electron chi connectivity index (χ0n) is 18.8. The molecule has 6 heteroatoms. The lowest BCUT2D eigenvalue weighted by atomic mass is 10.0. The van der Waals surface area contributed by atoms with Crippen molar-refractivity contribution in [1.29, 1.82) is 0 Å². The number of hydrogen-bond donors (Lipinski definition) is 1. The summed E-state index contributed by atoms with van der Waals surface area (Å²) in [5.74, 6) is 0.133. The number of rotatable bonds is 6. The van der Waals surface area contributed by atoms with Gasteiger partial charge in [0.2, 0.25) is 11.8 Å². The molecule has 4 rings (SSSR count). The summed E-state index contributed by atoms with van der Waals surface area (Å²) in [7, 11) is 0. The summed E-state index contributed by atoms with van der Waals surface area (Å²) in [5, 5.41) is 2.94. The number of benzene rings is 2. The summed E-state index contributed by atoms with van der Waals surface area (Å²) in [4.78, 5) is 29.3. The first-order valence-electron chi connectivity index (χ1n) is 11.6. The first-order chi connectivity index (χ1) is 15.5. The Balaban J connectivity index is 1.35. The molecule has 2 aromatic rings. The highest BCUT2D eigenvalue weighted by molar-refractivity contribution is 5.93. The molecule has 5 nitrogen and oxygen atoms in total. The van der Waals surface area contributed by atoms with Crippen LogP contribution in [0.2, 0.25) is 0 Å². The van der Waals surface area contributed by atoms with Crippen molar-refractivity contribution in [2.75, 3.05) is 31.5 Å². The number of hydrogen-bond acceptors (Lipinski definition) is 3. The van der Waals surface area contributed by atoms with Gasteiger partial charge in [-0.25, -0.2) is 4.39 Å². The molecule has 170 valence electrons. The SMILES string of the molecule is Cc1c(NC(=O)Cc2ccccc2)ccc(F)c1CN1CCN(C(=O)C2CCCC2)CC1. The predicted molar refractivity (Wildman–Crippen MR) is 124 cm³/mol. The molecular formula is C26H32FN3O2. The minimum atomic E-state index is -0.256. The van der Waals surface area contributed by atoms with Crippen molar-refractivity contribution in [2.45, 2.75) is 45.6 Å². The molecule has 1 heterocycles. The van der Waals surface area contributed by atoms with E-state index in [4.69, 9.17) is 0 Å². The van der Waals surface area contributed by atoms with Crippen molar-refractivity contribution in [1.82, 2.24) is 9.80 Å². The minimum Gasteiger partial charge on any atom is -0.340 e. The average Bonchev–Trinajstić information content (AvgIpc) is 3.34. The lowest BCUT2D eigenvalue weighted by Gasteiger charge is -2.36. The molecule has 2 fully saturated rings.